The lowest BCUT2D eigenvalue weighted by molar-refractivity contribution is 0.198. The molecule has 35 heavy (non-hydrogen) atoms. The van der Waals surface area contributed by atoms with Crippen LogP contribution in [0, 0.1) is 0 Å². The van der Waals surface area contributed by atoms with E-state index >= 15 is 0 Å². The Hall–Kier alpha value is -2.96. The maximum atomic E-state index is 12.5. The summed E-state index contributed by atoms with van der Waals surface area (Å²) in [6, 6.07) is 21.2. The first-order valence-corrected chi connectivity index (χ1v) is 13.1. The number of phenolic OH excluding ortho intramolecular Hbond substituents is 2. The molecule has 0 bridgehead atoms. The van der Waals surface area contributed by atoms with Gasteiger partial charge in [-0.2, -0.15) is 0 Å². The van der Waals surface area contributed by atoms with Crippen molar-refractivity contribution in [2.24, 2.45) is 0 Å². The minimum atomic E-state index is -0.273. The van der Waals surface area contributed by atoms with E-state index in [1.54, 1.807) is 23.9 Å². The number of nitrogens with zero attached hydrogens (tertiary/aromatic N) is 1. The van der Waals surface area contributed by atoms with Crippen molar-refractivity contribution >= 4 is 22.9 Å². The fourth-order valence-electron chi connectivity index (χ4n) is 4.97. The van der Waals surface area contributed by atoms with Crippen LogP contribution in [0.1, 0.15) is 36.0 Å². The summed E-state index contributed by atoms with van der Waals surface area (Å²) >= 11 is 1.74. The van der Waals surface area contributed by atoms with Gasteiger partial charge in [-0.25, -0.2) is 0 Å². The largest absolute Gasteiger partial charge is 0.508 e. The molecule has 0 spiro atoms. The molecule has 2 N–H and O–H groups in total. The smallest absolute Gasteiger partial charge is 0.119 e. The summed E-state index contributed by atoms with van der Waals surface area (Å²) in [5.41, 5.74) is 5.44. The first-order chi connectivity index (χ1) is 17.1. The highest BCUT2D eigenvalue weighted by atomic mass is 32.2. The van der Waals surface area contributed by atoms with E-state index in [1.807, 2.05) is 42.5 Å². The predicted octanol–water partition coefficient (Wildman–Crippen LogP) is 6.37. The molecule has 3 aromatic carbocycles. The lowest BCUT2D eigenvalue weighted by Gasteiger charge is -2.18. The van der Waals surface area contributed by atoms with Crippen LogP contribution in [0.15, 0.2) is 71.6 Å². The van der Waals surface area contributed by atoms with Crippen LogP contribution in [0.3, 0.4) is 0 Å². The number of thioether (sulfide) groups is 1. The standard InChI is InChI=1S/C29H30FNO3S/c30-13-2-14-31-15-11-25(19-31)34-24-8-5-20(6-9-24)29-26(21-3-1-4-22(32)17-21)12-16-35-28-18-23(33)7-10-27(28)29/h1,3-10,17-18,25,32-33H,2,11-16,19H2/t25-/m0/s1. The molecule has 0 unspecified atom stereocenters. The highest BCUT2D eigenvalue weighted by Crippen LogP contribution is 2.44. The normalized spacial score (nSPS) is 18.4. The number of hydrogen-bond donors (Lipinski definition) is 2. The fourth-order valence-corrected chi connectivity index (χ4v) is 6.03. The summed E-state index contributed by atoms with van der Waals surface area (Å²) in [5.74, 6) is 2.22. The third-order valence-electron chi connectivity index (χ3n) is 6.62. The molecular weight excluding hydrogens is 461 g/mol. The van der Waals surface area contributed by atoms with Crippen LogP contribution < -0.4 is 4.74 Å². The van der Waals surface area contributed by atoms with E-state index in [4.69, 9.17) is 4.74 Å². The van der Waals surface area contributed by atoms with Crippen molar-refractivity contribution in [3.8, 4) is 17.2 Å². The van der Waals surface area contributed by atoms with Crippen molar-refractivity contribution in [3.05, 3.63) is 83.4 Å². The Morgan fingerprint density at radius 2 is 1.80 bits per heavy atom. The SMILES string of the molecule is Oc1cccc(C2=C(c3ccc(O[C@H]4CCN(CCCF)C4)cc3)c3ccc(O)cc3SCC2)c1. The highest BCUT2D eigenvalue weighted by Gasteiger charge is 2.24. The van der Waals surface area contributed by atoms with Crippen LogP contribution >= 0.6 is 11.8 Å². The van der Waals surface area contributed by atoms with Gasteiger partial charge < -0.3 is 14.9 Å². The van der Waals surface area contributed by atoms with Crippen LogP contribution in [-0.2, 0) is 0 Å². The monoisotopic (exact) mass is 491 g/mol. The summed E-state index contributed by atoms with van der Waals surface area (Å²) in [7, 11) is 0. The lowest BCUT2D eigenvalue weighted by Crippen LogP contribution is -2.26. The number of ether oxygens (including phenoxy) is 1. The van der Waals surface area contributed by atoms with Crippen LogP contribution in [0.5, 0.6) is 17.2 Å². The molecule has 0 radical (unpaired) electrons. The molecule has 0 aromatic heterocycles. The number of aromatic hydroxyl groups is 2. The minimum absolute atomic E-state index is 0.125. The first-order valence-electron chi connectivity index (χ1n) is 12.1. The Bertz CT molecular complexity index is 1210. The molecule has 1 fully saturated rings. The van der Waals surface area contributed by atoms with Crippen LogP contribution in [0.25, 0.3) is 11.1 Å². The van der Waals surface area contributed by atoms with E-state index in [2.05, 4.69) is 17.0 Å². The molecule has 2 aliphatic heterocycles. The van der Waals surface area contributed by atoms with E-state index in [9.17, 15) is 14.6 Å². The van der Waals surface area contributed by atoms with Crippen molar-refractivity contribution in [2.75, 3.05) is 32.1 Å². The quantitative estimate of drug-likeness (QED) is 0.402. The third-order valence-corrected chi connectivity index (χ3v) is 7.68. The average molecular weight is 492 g/mol. The molecule has 0 saturated carbocycles. The number of alkyl halides is 1. The van der Waals surface area contributed by atoms with E-state index in [1.165, 1.54) is 5.57 Å². The van der Waals surface area contributed by atoms with Crippen LogP contribution in [0.2, 0.25) is 0 Å². The van der Waals surface area contributed by atoms with Gasteiger partial charge in [-0.1, -0.05) is 24.3 Å². The lowest BCUT2D eigenvalue weighted by atomic mass is 9.88. The Morgan fingerprint density at radius 3 is 2.60 bits per heavy atom. The van der Waals surface area contributed by atoms with Crippen molar-refractivity contribution < 1.29 is 19.3 Å². The highest BCUT2D eigenvalue weighted by molar-refractivity contribution is 7.99. The van der Waals surface area contributed by atoms with Crippen LogP contribution in [0.4, 0.5) is 4.39 Å². The van der Waals surface area contributed by atoms with Gasteiger partial charge in [0.1, 0.15) is 23.4 Å². The summed E-state index contributed by atoms with van der Waals surface area (Å²) in [4.78, 5) is 3.32. The maximum Gasteiger partial charge on any atom is 0.119 e. The van der Waals surface area contributed by atoms with Gasteiger partial charge in [-0.05, 0) is 89.6 Å². The van der Waals surface area contributed by atoms with Crippen LogP contribution in [-0.4, -0.2) is 53.3 Å². The Labute approximate surface area is 210 Å². The van der Waals surface area contributed by atoms with Gasteiger partial charge >= 0.3 is 0 Å². The predicted molar refractivity (Wildman–Crippen MR) is 140 cm³/mol. The molecule has 4 nitrogen and oxygen atoms in total. The zero-order chi connectivity index (χ0) is 24.2. The van der Waals surface area contributed by atoms with E-state index in [0.29, 0.717) is 6.42 Å². The number of hydrogen-bond acceptors (Lipinski definition) is 5. The van der Waals surface area contributed by atoms with E-state index < -0.39 is 0 Å². The summed E-state index contributed by atoms with van der Waals surface area (Å²) < 4.78 is 18.7. The molecule has 0 aliphatic carbocycles. The van der Waals surface area contributed by atoms with Crippen molar-refractivity contribution in [2.45, 2.75) is 30.3 Å². The average Bonchev–Trinajstić information content (AvgIpc) is 3.22. The number of phenols is 2. The number of likely N-dealkylation sites (tertiary alicyclic amines) is 1. The topological polar surface area (TPSA) is 52.9 Å². The van der Waals surface area contributed by atoms with Gasteiger partial charge in [0.25, 0.3) is 0 Å². The second kappa shape index (κ2) is 10.8. The molecule has 1 saturated heterocycles. The van der Waals surface area contributed by atoms with Crippen molar-refractivity contribution in [3.63, 3.8) is 0 Å². The van der Waals surface area contributed by atoms with E-state index in [0.717, 1.165) is 71.1 Å². The van der Waals surface area contributed by atoms with Crippen molar-refractivity contribution in [1.29, 1.82) is 0 Å². The Balaban J connectivity index is 1.47. The summed E-state index contributed by atoms with van der Waals surface area (Å²) in [5, 5.41) is 20.2. The van der Waals surface area contributed by atoms with Crippen molar-refractivity contribution in [1.82, 2.24) is 4.90 Å². The zero-order valence-corrected chi connectivity index (χ0v) is 20.4. The van der Waals surface area contributed by atoms with Gasteiger partial charge in [0.15, 0.2) is 0 Å². The Morgan fingerprint density at radius 1 is 0.971 bits per heavy atom. The summed E-state index contributed by atoms with van der Waals surface area (Å²) in [6.45, 7) is 2.30. The summed E-state index contributed by atoms with van der Waals surface area (Å²) in [6.07, 6.45) is 2.50. The number of halogens is 1. The molecule has 5 rings (SSSR count). The number of rotatable bonds is 7. The van der Waals surface area contributed by atoms with Gasteiger partial charge in [-0.3, -0.25) is 9.29 Å². The second-order valence-corrected chi connectivity index (χ2v) is 10.2. The molecular formula is C29H30FNO3S. The molecule has 3 aromatic rings. The molecule has 6 heteroatoms. The number of allylic oxidation sites excluding steroid dienone is 1. The van der Waals surface area contributed by atoms with Gasteiger partial charge in [-0.15, -0.1) is 11.8 Å². The number of fused-ring (bicyclic) bond motifs is 1. The zero-order valence-electron chi connectivity index (χ0n) is 19.6. The Kier molecular flexibility index (Phi) is 7.30. The first kappa shape index (κ1) is 23.8. The van der Waals surface area contributed by atoms with E-state index in [-0.39, 0.29) is 24.3 Å². The molecule has 2 heterocycles. The molecule has 1 atom stereocenters. The minimum Gasteiger partial charge on any atom is -0.508 e. The number of benzene rings is 3. The molecule has 182 valence electrons. The maximum absolute atomic E-state index is 12.5. The molecule has 2 aliphatic rings. The third kappa shape index (κ3) is 5.49. The fraction of sp³-hybridized carbons (Fsp3) is 0.310. The van der Waals surface area contributed by atoms with Gasteiger partial charge in [0, 0.05) is 30.3 Å². The van der Waals surface area contributed by atoms with Gasteiger partial charge in [0.05, 0.1) is 6.67 Å². The van der Waals surface area contributed by atoms with Gasteiger partial charge in [0.2, 0.25) is 0 Å². The second-order valence-electron chi connectivity index (χ2n) is 9.08. The molecule has 0 amide bonds.